The molecule has 7 nitrogen and oxygen atoms in total. The quantitative estimate of drug-likeness (QED) is 0.650. The summed E-state index contributed by atoms with van der Waals surface area (Å²) < 4.78 is 1.86. The molecule has 4 rings (SSSR count). The van der Waals surface area contributed by atoms with Crippen molar-refractivity contribution < 1.29 is 9.59 Å². The Hall–Kier alpha value is -3.45. The summed E-state index contributed by atoms with van der Waals surface area (Å²) in [6.45, 7) is 7.45. The van der Waals surface area contributed by atoms with Crippen molar-refractivity contribution in [2.24, 2.45) is 0 Å². The van der Waals surface area contributed by atoms with Gasteiger partial charge in [0.25, 0.3) is 5.91 Å². The van der Waals surface area contributed by atoms with Crippen LogP contribution in [-0.2, 0) is 4.79 Å². The number of aromatic nitrogens is 2. The number of anilines is 1. The first-order chi connectivity index (χ1) is 15.5. The molecule has 0 radical (unpaired) electrons. The third-order valence-corrected chi connectivity index (χ3v) is 5.89. The molecule has 1 aromatic heterocycles. The van der Waals surface area contributed by atoms with E-state index in [9.17, 15) is 9.59 Å². The number of benzene rings is 2. The number of nitrogens with one attached hydrogen (secondary N) is 1. The van der Waals surface area contributed by atoms with E-state index in [1.54, 1.807) is 0 Å². The summed E-state index contributed by atoms with van der Waals surface area (Å²) >= 11 is 0. The van der Waals surface area contributed by atoms with Crippen molar-refractivity contribution in [3.8, 4) is 5.69 Å². The average molecular weight is 432 g/mol. The summed E-state index contributed by atoms with van der Waals surface area (Å²) in [4.78, 5) is 29.3. The van der Waals surface area contributed by atoms with Crippen LogP contribution < -0.4 is 5.32 Å². The number of carbonyl (C=O) groups is 2. The Labute approximate surface area is 188 Å². The van der Waals surface area contributed by atoms with Crippen molar-refractivity contribution in [2.75, 3.05) is 38.0 Å². The fourth-order valence-electron chi connectivity index (χ4n) is 4.04. The van der Waals surface area contributed by atoms with E-state index in [2.05, 4.69) is 15.3 Å². The zero-order valence-corrected chi connectivity index (χ0v) is 18.6. The molecule has 2 aromatic carbocycles. The third-order valence-electron chi connectivity index (χ3n) is 5.89. The van der Waals surface area contributed by atoms with Crippen LogP contribution in [0.1, 0.15) is 28.2 Å². The lowest BCUT2D eigenvalue weighted by molar-refractivity contribution is -0.116. The molecule has 1 aliphatic rings. The minimum absolute atomic E-state index is 0.0217. The Morgan fingerprint density at radius 3 is 2.19 bits per heavy atom. The molecule has 7 heteroatoms. The predicted octanol–water partition coefficient (Wildman–Crippen LogP) is 3.28. The van der Waals surface area contributed by atoms with E-state index in [1.165, 1.54) is 0 Å². The van der Waals surface area contributed by atoms with Crippen LogP contribution in [0.4, 0.5) is 5.69 Å². The summed E-state index contributed by atoms with van der Waals surface area (Å²) in [6.07, 6.45) is 0.405. The number of nitrogens with zero attached hydrogens (tertiary/aromatic N) is 4. The molecule has 0 spiro atoms. The Kier molecular flexibility index (Phi) is 6.66. The average Bonchev–Trinajstić information content (AvgIpc) is 3.12. The molecule has 0 bridgehead atoms. The molecule has 1 N–H and O–H groups in total. The summed E-state index contributed by atoms with van der Waals surface area (Å²) in [5.74, 6) is 0.0518. The fourth-order valence-corrected chi connectivity index (χ4v) is 4.04. The second-order valence-electron chi connectivity index (χ2n) is 8.09. The van der Waals surface area contributed by atoms with E-state index in [0.717, 1.165) is 41.4 Å². The van der Waals surface area contributed by atoms with Gasteiger partial charge < -0.3 is 10.2 Å². The standard InChI is InChI=1S/C25H29N5O2/c1-19-24(20(2)30(27-19)22-11-7-4-8-12-22)26-23(31)13-14-28-15-17-29(18-16-28)25(32)21-9-5-3-6-10-21/h3-12H,13-18H2,1-2H3,(H,26,31). The van der Waals surface area contributed by atoms with Gasteiger partial charge in [0, 0.05) is 44.7 Å². The number of hydrogen-bond acceptors (Lipinski definition) is 4. The molecule has 1 aliphatic heterocycles. The summed E-state index contributed by atoms with van der Waals surface area (Å²) in [6, 6.07) is 19.3. The SMILES string of the molecule is Cc1nn(-c2ccccc2)c(C)c1NC(=O)CCN1CCN(C(=O)c2ccccc2)CC1. The molecule has 1 fully saturated rings. The minimum Gasteiger partial charge on any atom is -0.336 e. The first-order valence-electron chi connectivity index (χ1n) is 11.0. The van der Waals surface area contributed by atoms with E-state index in [-0.39, 0.29) is 11.8 Å². The highest BCUT2D eigenvalue weighted by Gasteiger charge is 2.22. The van der Waals surface area contributed by atoms with Crippen LogP contribution in [0, 0.1) is 13.8 Å². The lowest BCUT2D eigenvalue weighted by Crippen LogP contribution is -2.49. The molecular formula is C25H29N5O2. The molecule has 0 atom stereocenters. The van der Waals surface area contributed by atoms with Gasteiger partial charge in [0.05, 0.1) is 22.8 Å². The number of piperazine rings is 1. The van der Waals surface area contributed by atoms with Crippen molar-refractivity contribution in [3.05, 3.63) is 77.6 Å². The second kappa shape index (κ2) is 9.78. The highest BCUT2D eigenvalue weighted by atomic mass is 16.2. The van der Waals surface area contributed by atoms with Gasteiger partial charge in [-0.25, -0.2) is 4.68 Å². The maximum absolute atomic E-state index is 12.6. The molecule has 0 saturated carbocycles. The van der Waals surface area contributed by atoms with Crippen molar-refractivity contribution in [1.29, 1.82) is 0 Å². The maximum Gasteiger partial charge on any atom is 0.253 e. The molecule has 32 heavy (non-hydrogen) atoms. The Morgan fingerprint density at radius 1 is 0.906 bits per heavy atom. The van der Waals surface area contributed by atoms with Gasteiger partial charge in [-0.05, 0) is 38.1 Å². The number of para-hydroxylation sites is 1. The van der Waals surface area contributed by atoms with Gasteiger partial charge in [-0.1, -0.05) is 36.4 Å². The van der Waals surface area contributed by atoms with E-state index in [4.69, 9.17) is 0 Å². The monoisotopic (exact) mass is 431 g/mol. The van der Waals surface area contributed by atoms with Crippen LogP contribution >= 0.6 is 0 Å². The lowest BCUT2D eigenvalue weighted by atomic mass is 10.2. The van der Waals surface area contributed by atoms with Gasteiger partial charge in [-0.3, -0.25) is 14.5 Å². The van der Waals surface area contributed by atoms with E-state index in [0.29, 0.717) is 26.1 Å². The van der Waals surface area contributed by atoms with Crippen molar-refractivity contribution in [2.45, 2.75) is 20.3 Å². The van der Waals surface area contributed by atoms with Crippen LogP contribution in [0.25, 0.3) is 5.69 Å². The first kappa shape index (κ1) is 21.8. The normalized spacial score (nSPS) is 14.4. The van der Waals surface area contributed by atoms with Gasteiger partial charge in [0.2, 0.25) is 5.91 Å². The zero-order valence-electron chi connectivity index (χ0n) is 18.6. The number of hydrogen-bond donors (Lipinski definition) is 1. The fraction of sp³-hybridized carbons (Fsp3) is 0.320. The second-order valence-corrected chi connectivity index (χ2v) is 8.09. The van der Waals surface area contributed by atoms with Crippen LogP contribution in [0.3, 0.4) is 0 Å². The first-order valence-corrected chi connectivity index (χ1v) is 11.0. The molecule has 0 aliphatic carbocycles. The maximum atomic E-state index is 12.6. The largest absolute Gasteiger partial charge is 0.336 e. The van der Waals surface area contributed by atoms with Crippen molar-refractivity contribution in [1.82, 2.24) is 19.6 Å². The molecule has 166 valence electrons. The van der Waals surface area contributed by atoms with Gasteiger partial charge >= 0.3 is 0 Å². The summed E-state index contributed by atoms with van der Waals surface area (Å²) in [7, 11) is 0. The topological polar surface area (TPSA) is 70.5 Å². The minimum atomic E-state index is -0.0217. The molecular weight excluding hydrogens is 402 g/mol. The molecule has 2 heterocycles. The number of carbonyl (C=O) groups excluding carboxylic acids is 2. The van der Waals surface area contributed by atoms with Crippen molar-refractivity contribution in [3.63, 3.8) is 0 Å². The van der Waals surface area contributed by atoms with Gasteiger partial charge in [-0.15, -0.1) is 0 Å². The Balaban J connectivity index is 1.27. The third kappa shape index (κ3) is 4.89. The van der Waals surface area contributed by atoms with Crippen molar-refractivity contribution >= 4 is 17.5 Å². The summed E-state index contributed by atoms with van der Waals surface area (Å²) in [5.41, 5.74) is 4.18. The van der Waals surface area contributed by atoms with E-state index < -0.39 is 0 Å². The van der Waals surface area contributed by atoms with E-state index in [1.807, 2.05) is 84.1 Å². The molecule has 1 saturated heterocycles. The zero-order chi connectivity index (χ0) is 22.5. The van der Waals surface area contributed by atoms with E-state index >= 15 is 0 Å². The molecule has 0 unspecified atom stereocenters. The predicted molar refractivity (Wildman–Crippen MR) is 125 cm³/mol. The molecule has 3 aromatic rings. The Morgan fingerprint density at radius 2 is 1.53 bits per heavy atom. The lowest BCUT2D eigenvalue weighted by Gasteiger charge is -2.34. The van der Waals surface area contributed by atoms with Crippen LogP contribution in [-0.4, -0.2) is 64.1 Å². The van der Waals surface area contributed by atoms with Gasteiger partial charge in [0.1, 0.15) is 0 Å². The molecule has 2 amide bonds. The highest BCUT2D eigenvalue weighted by Crippen LogP contribution is 2.23. The number of aryl methyl sites for hydroxylation is 1. The summed E-state index contributed by atoms with van der Waals surface area (Å²) in [5, 5.41) is 7.63. The number of rotatable bonds is 6. The van der Waals surface area contributed by atoms with Crippen LogP contribution in [0.15, 0.2) is 60.7 Å². The highest BCUT2D eigenvalue weighted by molar-refractivity contribution is 5.94. The smallest absolute Gasteiger partial charge is 0.253 e. The van der Waals surface area contributed by atoms with Crippen LogP contribution in [0.5, 0.6) is 0 Å². The number of amides is 2. The van der Waals surface area contributed by atoms with Crippen LogP contribution in [0.2, 0.25) is 0 Å². The van der Waals surface area contributed by atoms with Gasteiger partial charge in [0.15, 0.2) is 0 Å². The van der Waals surface area contributed by atoms with Gasteiger partial charge in [-0.2, -0.15) is 5.10 Å². The Bertz CT molecular complexity index is 1070.